The molecule has 2 heterocycles. The van der Waals surface area contributed by atoms with Crippen LogP contribution in [0.15, 0.2) is 22.8 Å². The van der Waals surface area contributed by atoms with Crippen LogP contribution in [-0.4, -0.2) is 14.6 Å². The largest absolute Gasteiger partial charge is 0.319 e. The van der Waals surface area contributed by atoms with Gasteiger partial charge in [0, 0.05) is 10.7 Å². The number of hydrogen-bond donors (Lipinski definition) is 1. The van der Waals surface area contributed by atoms with Gasteiger partial charge in [0.15, 0.2) is 11.5 Å². The van der Waals surface area contributed by atoms with Gasteiger partial charge in [-0.2, -0.15) is 0 Å². The van der Waals surface area contributed by atoms with Crippen LogP contribution in [0, 0.1) is 0 Å². The van der Waals surface area contributed by atoms with E-state index in [1.165, 1.54) is 0 Å². The molecule has 0 saturated carbocycles. The standard InChI is InChI=1S/C11H15BrN4/c1-3-11(13,4-2)10-15-14-9-6-5-8(12)7-16(9)10/h5-7H,3-4,13H2,1-2H3. The molecule has 86 valence electrons. The van der Waals surface area contributed by atoms with Crippen LogP contribution < -0.4 is 5.73 Å². The Morgan fingerprint density at radius 3 is 2.62 bits per heavy atom. The lowest BCUT2D eigenvalue weighted by Gasteiger charge is -2.24. The zero-order chi connectivity index (χ0) is 11.8. The van der Waals surface area contributed by atoms with Crippen molar-refractivity contribution in [3.63, 3.8) is 0 Å². The Hall–Kier alpha value is -0.940. The number of nitrogens with two attached hydrogens (primary N) is 1. The number of aromatic nitrogens is 3. The van der Waals surface area contributed by atoms with Crippen LogP contribution in [0.25, 0.3) is 5.65 Å². The second-order valence-corrected chi connectivity index (χ2v) is 4.88. The van der Waals surface area contributed by atoms with E-state index in [2.05, 4.69) is 40.0 Å². The molecule has 0 spiro atoms. The van der Waals surface area contributed by atoms with Gasteiger partial charge >= 0.3 is 0 Å². The van der Waals surface area contributed by atoms with Gasteiger partial charge in [0.05, 0.1) is 5.54 Å². The third-order valence-electron chi connectivity index (χ3n) is 3.07. The van der Waals surface area contributed by atoms with E-state index in [4.69, 9.17) is 5.73 Å². The van der Waals surface area contributed by atoms with E-state index in [1.807, 2.05) is 22.7 Å². The molecule has 2 N–H and O–H groups in total. The molecule has 0 saturated heterocycles. The molecule has 0 aliphatic heterocycles. The molecular formula is C11H15BrN4. The van der Waals surface area contributed by atoms with Crippen molar-refractivity contribution in [3.05, 3.63) is 28.6 Å². The van der Waals surface area contributed by atoms with Gasteiger partial charge in [-0.05, 0) is 40.9 Å². The molecule has 2 aromatic heterocycles. The van der Waals surface area contributed by atoms with Crippen LogP contribution in [0.4, 0.5) is 0 Å². The van der Waals surface area contributed by atoms with Crippen LogP contribution in [0.2, 0.25) is 0 Å². The Morgan fingerprint density at radius 2 is 2.00 bits per heavy atom. The minimum Gasteiger partial charge on any atom is -0.319 e. The maximum absolute atomic E-state index is 6.34. The number of hydrogen-bond acceptors (Lipinski definition) is 3. The third-order valence-corrected chi connectivity index (χ3v) is 3.54. The van der Waals surface area contributed by atoms with Crippen molar-refractivity contribution in [3.8, 4) is 0 Å². The zero-order valence-electron chi connectivity index (χ0n) is 9.44. The second-order valence-electron chi connectivity index (χ2n) is 3.96. The summed E-state index contributed by atoms with van der Waals surface area (Å²) in [5.41, 5.74) is 6.77. The van der Waals surface area contributed by atoms with Crippen molar-refractivity contribution >= 4 is 21.6 Å². The molecule has 0 amide bonds. The van der Waals surface area contributed by atoms with E-state index >= 15 is 0 Å². The summed E-state index contributed by atoms with van der Waals surface area (Å²) in [6.45, 7) is 4.14. The minimum atomic E-state index is -0.403. The highest BCUT2D eigenvalue weighted by Crippen LogP contribution is 2.25. The van der Waals surface area contributed by atoms with E-state index in [0.717, 1.165) is 28.8 Å². The van der Waals surface area contributed by atoms with Crippen LogP contribution in [-0.2, 0) is 5.54 Å². The lowest BCUT2D eigenvalue weighted by molar-refractivity contribution is 0.384. The van der Waals surface area contributed by atoms with Crippen molar-refractivity contribution in [1.82, 2.24) is 14.6 Å². The smallest absolute Gasteiger partial charge is 0.160 e. The molecule has 0 aromatic carbocycles. The molecule has 0 aliphatic carbocycles. The Bertz CT molecular complexity index is 502. The van der Waals surface area contributed by atoms with Crippen LogP contribution in [0.5, 0.6) is 0 Å². The van der Waals surface area contributed by atoms with Gasteiger partial charge in [-0.15, -0.1) is 10.2 Å². The highest BCUT2D eigenvalue weighted by atomic mass is 79.9. The van der Waals surface area contributed by atoms with Crippen molar-refractivity contribution in [2.24, 2.45) is 5.73 Å². The van der Waals surface area contributed by atoms with E-state index in [9.17, 15) is 0 Å². The summed E-state index contributed by atoms with van der Waals surface area (Å²) in [7, 11) is 0. The summed E-state index contributed by atoms with van der Waals surface area (Å²) in [4.78, 5) is 0. The van der Waals surface area contributed by atoms with Gasteiger partial charge < -0.3 is 5.73 Å². The molecule has 0 bridgehead atoms. The predicted octanol–water partition coefficient (Wildman–Crippen LogP) is 2.47. The average molecular weight is 283 g/mol. The first kappa shape index (κ1) is 11.5. The molecule has 5 heteroatoms. The Morgan fingerprint density at radius 1 is 1.31 bits per heavy atom. The molecule has 0 radical (unpaired) electrons. The molecular weight excluding hydrogens is 268 g/mol. The van der Waals surface area contributed by atoms with E-state index < -0.39 is 5.54 Å². The van der Waals surface area contributed by atoms with Crippen LogP contribution in [0.1, 0.15) is 32.5 Å². The maximum Gasteiger partial charge on any atom is 0.160 e. The highest BCUT2D eigenvalue weighted by Gasteiger charge is 2.28. The van der Waals surface area contributed by atoms with Crippen LogP contribution in [0.3, 0.4) is 0 Å². The monoisotopic (exact) mass is 282 g/mol. The number of nitrogens with zero attached hydrogens (tertiary/aromatic N) is 3. The molecule has 2 rings (SSSR count). The Labute approximate surface area is 103 Å². The molecule has 16 heavy (non-hydrogen) atoms. The molecule has 4 nitrogen and oxygen atoms in total. The summed E-state index contributed by atoms with van der Waals surface area (Å²) in [6, 6.07) is 3.87. The highest BCUT2D eigenvalue weighted by molar-refractivity contribution is 9.10. The topological polar surface area (TPSA) is 56.2 Å². The fraction of sp³-hybridized carbons (Fsp3) is 0.455. The van der Waals surface area contributed by atoms with Crippen molar-refractivity contribution in [2.45, 2.75) is 32.2 Å². The van der Waals surface area contributed by atoms with E-state index in [-0.39, 0.29) is 0 Å². The number of pyridine rings is 1. The summed E-state index contributed by atoms with van der Waals surface area (Å²) >= 11 is 3.44. The zero-order valence-corrected chi connectivity index (χ0v) is 11.0. The first-order valence-corrected chi connectivity index (χ1v) is 6.19. The van der Waals surface area contributed by atoms with E-state index in [1.54, 1.807) is 0 Å². The molecule has 0 unspecified atom stereocenters. The molecule has 2 aromatic rings. The molecule has 0 fully saturated rings. The first-order valence-electron chi connectivity index (χ1n) is 5.40. The normalized spacial score (nSPS) is 12.2. The van der Waals surface area contributed by atoms with E-state index in [0.29, 0.717) is 0 Å². The minimum absolute atomic E-state index is 0.403. The lowest BCUT2D eigenvalue weighted by atomic mass is 9.93. The summed E-state index contributed by atoms with van der Waals surface area (Å²) in [5.74, 6) is 0.828. The van der Waals surface area contributed by atoms with Gasteiger partial charge in [-0.3, -0.25) is 4.40 Å². The number of fused-ring (bicyclic) bond motifs is 1. The average Bonchev–Trinajstić information content (AvgIpc) is 2.71. The first-order chi connectivity index (χ1) is 7.60. The van der Waals surface area contributed by atoms with Crippen molar-refractivity contribution in [1.29, 1.82) is 0 Å². The second kappa shape index (κ2) is 4.14. The number of rotatable bonds is 3. The SMILES string of the molecule is CCC(N)(CC)c1nnc2ccc(Br)cn12. The maximum atomic E-state index is 6.34. The van der Waals surface area contributed by atoms with Crippen LogP contribution >= 0.6 is 15.9 Å². The van der Waals surface area contributed by atoms with Crippen molar-refractivity contribution in [2.75, 3.05) is 0 Å². The Balaban J connectivity index is 2.64. The fourth-order valence-electron chi connectivity index (χ4n) is 1.77. The summed E-state index contributed by atoms with van der Waals surface area (Å²) in [5, 5.41) is 8.35. The molecule has 0 atom stereocenters. The van der Waals surface area contributed by atoms with Crippen molar-refractivity contribution < 1.29 is 0 Å². The predicted molar refractivity (Wildman–Crippen MR) is 67.1 cm³/mol. The fourth-order valence-corrected chi connectivity index (χ4v) is 2.11. The summed E-state index contributed by atoms with van der Waals surface area (Å²) < 4.78 is 2.95. The lowest BCUT2D eigenvalue weighted by Crippen LogP contribution is -2.37. The van der Waals surface area contributed by atoms with Gasteiger partial charge in [-0.25, -0.2) is 0 Å². The quantitative estimate of drug-likeness (QED) is 0.941. The number of halogens is 1. The Kier molecular flexibility index (Phi) is 2.99. The van der Waals surface area contributed by atoms with Gasteiger partial charge in [0.2, 0.25) is 0 Å². The van der Waals surface area contributed by atoms with Gasteiger partial charge in [0.25, 0.3) is 0 Å². The molecule has 0 aliphatic rings. The van der Waals surface area contributed by atoms with Gasteiger partial charge in [-0.1, -0.05) is 13.8 Å². The van der Waals surface area contributed by atoms with Gasteiger partial charge in [0.1, 0.15) is 0 Å². The summed E-state index contributed by atoms with van der Waals surface area (Å²) in [6.07, 6.45) is 3.64. The third kappa shape index (κ3) is 1.74.